The molecule has 2 bridgehead atoms. The smallest absolute Gasteiger partial charge is 0.339 e. The second kappa shape index (κ2) is 4.51. The number of ether oxygens (including phenoxy) is 2. The van der Waals surface area contributed by atoms with E-state index < -0.39 is 5.97 Å². The van der Waals surface area contributed by atoms with Crippen molar-refractivity contribution in [3.05, 3.63) is 23.9 Å². The number of hydrogen-bond donors (Lipinski definition) is 1. The summed E-state index contributed by atoms with van der Waals surface area (Å²) in [4.78, 5) is 11.6. The molecule has 0 amide bonds. The molecule has 126 valence electrons. The van der Waals surface area contributed by atoms with Gasteiger partial charge >= 0.3 is 5.97 Å². The van der Waals surface area contributed by atoms with E-state index in [-0.39, 0.29) is 22.8 Å². The third-order valence-electron chi connectivity index (χ3n) is 5.76. The van der Waals surface area contributed by atoms with Gasteiger partial charge in [0.25, 0.3) is 0 Å². The van der Waals surface area contributed by atoms with Crippen molar-refractivity contribution in [2.45, 2.75) is 56.3 Å². The lowest BCUT2D eigenvalue weighted by Crippen LogP contribution is -2.49. The molecule has 0 unspecified atom stereocenters. The Kier molecular flexibility index (Phi) is 2.68. The van der Waals surface area contributed by atoms with Crippen LogP contribution in [0.4, 0.5) is 0 Å². The highest BCUT2D eigenvalue weighted by atomic mass is 16.5. The van der Waals surface area contributed by atoms with Crippen LogP contribution < -0.4 is 4.74 Å². The normalized spacial score (nSPS) is 31.7. The number of aromatic nitrogens is 2. The highest BCUT2D eigenvalue weighted by molar-refractivity contribution is 5.96. The maximum atomic E-state index is 11.6. The topological polar surface area (TPSA) is 73.6 Å². The summed E-state index contributed by atoms with van der Waals surface area (Å²) in [5.74, 6) is -0.527. The molecule has 0 spiro atoms. The molecule has 2 aliphatic carbocycles. The summed E-state index contributed by atoms with van der Waals surface area (Å²) in [7, 11) is 0. The molecule has 1 N–H and O–H groups in total. The van der Waals surface area contributed by atoms with Gasteiger partial charge in [-0.15, -0.1) is 0 Å². The zero-order chi connectivity index (χ0) is 16.5. The molecule has 0 radical (unpaired) electrons. The van der Waals surface area contributed by atoms with Crippen molar-refractivity contribution in [2.75, 3.05) is 6.61 Å². The Morgan fingerprint density at radius 2 is 2.21 bits per heavy atom. The van der Waals surface area contributed by atoms with Crippen LogP contribution in [0.25, 0.3) is 10.9 Å². The fourth-order valence-electron chi connectivity index (χ4n) is 4.31. The molecule has 2 saturated heterocycles. The minimum atomic E-state index is -0.961. The number of fused-ring (bicyclic) bond motifs is 2. The van der Waals surface area contributed by atoms with Gasteiger partial charge in [0.2, 0.25) is 0 Å². The van der Waals surface area contributed by atoms with E-state index in [4.69, 9.17) is 14.6 Å². The van der Waals surface area contributed by atoms with Crippen LogP contribution in [0, 0.1) is 0 Å². The lowest BCUT2D eigenvalue weighted by atomic mass is 9.69. The van der Waals surface area contributed by atoms with E-state index in [0.29, 0.717) is 12.4 Å². The zero-order valence-electron chi connectivity index (χ0n) is 13.6. The SMILES string of the molecule is CC12CC(n3cc4cc(C(=O)O)c(OC5CCC5)cc4n3)(CO1)C2. The summed E-state index contributed by atoms with van der Waals surface area (Å²) in [6.07, 6.45) is 7.14. The fourth-order valence-corrected chi connectivity index (χ4v) is 4.31. The Bertz CT molecular complexity index is 846. The summed E-state index contributed by atoms with van der Waals surface area (Å²) in [6, 6.07) is 3.46. The molecule has 4 aliphatic rings. The first-order valence-corrected chi connectivity index (χ1v) is 8.54. The number of nitrogens with zero attached hydrogens (tertiary/aromatic N) is 2. The molecular weight excluding hydrogens is 308 g/mol. The molecule has 6 rings (SSSR count). The summed E-state index contributed by atoms with van der Waals surface area (Å²) >= 11 is 0. The van der Waals surface area contributed by atoms with Gasteiger partial charge in [-0.3, -0.25) is 4.68 Å². The van der Waals surface area contributed by atoms with E-state index >= 15 is 0 Å². The fraction of sp³-hybridized carbons (Fsp3) is 0.556. The van der Waals surface area contributed by atoms with Gasteiger partial charge in [-0.1, -0.05) is 0 Å². The van der Waals surface area contributed by atoms with Crippen molar-refractivity contribution < 1.29 is 19.4 Å². The highest BCUT2D eigenvalue weighted by Crippen LogP contribution is 2.55. The van der Waals surface area contributed by atoms with Gasteiger partial charge in [-0.2, -0.15) is 5.10 Å². The summed E-state index contributed by atoms with van der Waals surface area (Å²) < 4.78 is 13.7. The van der Waals surface area contributed by atoms with Crippen molar-refractivity contribution in [3.63, 3.8) is 0 Å². The summed E-state index contributed by atoms with van der Waals surface area (Å²) in [5, 5.41) is 15.1. The van der Waals surface area contributed by atoms with E-state index in [1.165, 1.54) is 0 Å². The maximum absolute atomic E-state index is 11.6. The second-order valence-corrected chi connectivity index (χ2v) is 7.77. The monoisotopic (exact) mass is 328 g/mol. The average molecular weight is 328 g/mol. The molecule has 0 atom stereocenters. The van der Waals surface area contributed by atoms with Gasteiger partial charge in [0.1, 0.15) is 11.3 Å². The van der Waals surface area contributed by atoms with Crippen LogP contribution in [0.2, 0.25) is 0 Å². The molecule has 6 heteroatoms. The molecule has 4 fully saturated rings. The van der Waals surface area contributed by atoms with E-state index in [9.17, 15) is 9.90 Å². The van der Waals surface area contributed by atoms with Crippen LogP contribution >= 0.6 is 0 Å². The molecule has 1 aromatic carbocycles. The van der Waals surface area contributed by atoms with E-state index in [1.54, 1.807) is 12.1 Å². The minimum Gasteiger partial charge on any atom is -0.489 e. The number of benzene rings is 1. The molecule has 2 aliphatic heterocycles. The van der Waals surface area contributed by atoms with Crippen molar-refractivity contribution in [3.8, 4) is 5.75 Å². The molecule has 2 saturated carbocycles. The first-order chi connectivity index (χ1) is 11.5. The van der Waals surface area contributed by atoms with Gasteiger partial charge in [-0.05, 0) is 32.3 Å². The third kappa shape index (κ3) is 1.92. The van der Waals surface area contributed by atoms with Crippen molar-refractivity contribution in [1.82, 2.24) is 9.78 Å². The van der Waals surface area contributed by atoms with Gasteiger partial charge in [0, 0.05) is 30.5 Å². The number of aromatic carboxylic acids is 1. The molecule has 3 heterocycles. The van der Waals surface area contributed by atoms with Gasteiger partial charge < -0.3 is 14.6 Å². The lowest BCUT2D eigenvalue weighted by Gasteiger charge is -2.42. The summed E-state index contributed by atoms with van der Waals surface area (Å²) in [6.45, 7) is 2.81. The van der Waals surface area contributed by atoms with Crippen LogP contribution in [-0.2, 0) is 10.3 Å². The van der Waals surface area contributed by atoms with E-state index in [0.717, 1.165) is 43.0 Å². The highest BCUT2D eigenvalue weighted by Gasteiger charge is 2.61. The van der Waals surface area contributed by atoms with E-state index in [1.807, 2.05) is 10.9 Å². The maximum Gasteiger partial charge on any atom is 0.339 e. The van der Waals surface area contributed by atoms with Crippen LogP contribution in [0.1, 0.15) is 49.4 Å². The average Bonchev–Trinajstić information content (AvgIpc) is 3.11. The van der Waals surface area contributed by atoms with Gasteiger partial charge in [0.05, 0.1) is 29.4 Å². The van der Waals surface area contributed by atoms with Crippen LogP contribution in [0.5, 0.6) is 5.75 Å². The van der Waals surface area contributed by atoms with Gasteiger partial charge in [0.15, 0.2) is 0 Å². The summed E-state index contributed by atoms with van der Waals surface area (Å²) in [5.41, 5.74) is 0.923. The van der Waals surface area contributed by atoms with Crippen molar-refractivity contribution in [2.24, 2.45) is 0 Å². The number of hydrogen-bond acceptors (Lipinski definition) is 4. The molecule has 24 heavy (non-hydrogen) atoms. The number of rotatable bonds is 4. The van der Waals surface area contributed by atoms with Gasteiger partial charge in [-0.25, -0.2) is 4.79 Å². The first kappa shape index (κ1) is 14.3. The van der Waals surface area contributed by atoms with Crippen LogP contribution in [-0.4, -0.2) is 39.2 Å². The van der Waals surface area contributed by atoms with Crippen molar-refractivity contribution in [1.29, 1.82) is 0 Å². The Morgan fingerprint density at radius 3 is 2.79 bits per heavy atom. The van der Waals surface area contributed by atoms with Crippen LogP contribution in [0.3, 0.4) is 0 Å². The Labute approximate surface area is 139 Å². The predicted octanol–water partition coefficient (Wildman–Crippen LogP) is 2.94. The van der Waals surface area contributed by atoms with Crippen molar-refractivity contribution >= 4 is 16.9 Å². The molecule has 2 aromatic rings. The number of carboxylic acids is 1. The Hall–Kier alpha value is -2.08. The Balaban J connectivity index is 1.55. The molecular formula is C18H20N2O4. The second-order valence-electron chi connectivity index (χ2n) is 7.77. The molecule has 1 aromatic heterocycles. The lowest BCUT2D eigenvalue weighted by molar-refractivity contribution is 0.00383. The predicted molar refractivity (Wildman–Crippen MR) is 86.5 cm³/mol. The third-order valence-corrected chi connectivity index (χ3v) is 5.76. The largest absolute Gasteiger partial charge is 0.489 e. The standard InChI is InChI=1S/C18H20N2O4/c1-17-8-18(9-17,10-23-17)20-7-11-5-13(16(21)22)15(6-14(11)19-20)24-12-3-2-4-12/h5-7,12H,2-4,8-10H2,1H3,(H,21,22). The van der Waals surface area contributed by atoms with E-state index in [2.05, 4.69) is 6.92 Å². The first-order valence-electron chi connectivity index (χ1n) is 8.54. The quantitative estimate of drug-likeness (QED) is 0.934. The zero-order valence-corrected chi connectivity index (χ0v) is 13.6. The minimum absolute atomic E-state index is 0.0111. The number of carbonyl (C=O) groups is 1. The Morgan fingerprint density at radius 1 is 1.42 bits per heavy atom. The molecule has 6 nitrogen and oxygen atoms in total. The van der Waals surface area contributed by atoms with Crippen LogP contribution in [0.15, 0.2) is 18.3 Å². The number of carboxylic acid groups (broad SMARTS) is 1.